The Balaban J connectivity index is 1.88. The zero-order chi connectivity index (χ0) is 19.5. The molecule has 0 aliphatic rings. The average molecular weight is 499 g/mol. The number of nitrogens with zero attached hydrogens (tertiary/aromatic N) is 2. The molecule has 0 aliphatic carbocycles. The maximum Gasteiger partial charge on any atom is 0.261 e. The van der Waals surface area contributed by atoms with Gasteiger partial charge in [0.05, 0.1) is 17.4 Å². The fraction of sp³-hybridized carbons (Fsp3) is 0.0435. The van der Waals surface area contributed by atoms with Gasteiger partial charge < -0.3 is 0 Å². The second-order valence-corrected chi connectivity index (χ2v) is 8.02. The molecule has 5 heteroatoms. The fourth-order valence-corrected chi connectivity index (χ4v) is 3.72. The number of hydrogen-bond acceptors (Lipinski definition) is 2. The van der Waals surface area contributed by atoms with Crippen LogP contribution in [-0.4, -0.2) is 9.55 Å². The van der Waals surface area contributed by atoms with E-state index in [0.29, 0.717) is 28.3 Å². The Morgan fingerprint density at radius 1 is 0.964 bits per heavy atom. The van der Waals surface area contributed by atoms with Gasteiger partial charge in [0, 0.05) is 8.59 Å². The van der Waals surface area contributed by atoms with Gasteiger partial charge in [0.15, 0.2) is 0 Å². The van der Waals surface area contributed by atoms with Crippen LogP contribution in [0.1, 0.15) is 17.0 Å². The molecule has 3 nitrogen and oxygen atoms in total. The predicted octanol–water partition coefficient (Wildman–Crippen LogP) is 5.87. The molecule has 0 radical (unpaired) electrons. The molecule has 0 saturated heterocycles. The lowest BCUT2D eigenvalue weighted by atomic mass is 10.2. The van der Waals surface area contributed by atoms with Crippen molar-refractivity contribution in [3.63, 3.8) is 0 Å². The van der Waals surface area contributed by atoms with Crippen molar-refractivity contribution >= 4 is 57.2 Å². The molecule has 0 bridgehead atoms. The minimum absolute atomic E-state index is 0.0498. The summed E-state index contributed by atoms with van der Waals surface area (Å²) in [7, 11) is 0. The zero-order valence-electron chi connectivity index (χ0n) is 14.8. The summed E-state index contributed by atoms with van der Waals surface area (Å²) in [6, 6.07) is 23.2. The highest BCUT2D eigenvalue weighted by Crippen LogP contribution is 2.19. The predicted molar refractivity (Wildman–Crippen MR) is 125 cm³/mol. The van der Waals surface area contributed by atoms with Crippen LogP contribution in [0.5, 0.6) is 0 Å². The van der Waals surface area contributed by atoms with Crippen molar-refractivity contribution in [3.05, 3.63) is 109 Å². The molecule has 138 valence electrons. The Kier molecular flexibility index (Phi) is 5.59. The summed E-state index contributed by atoms with van der Waals surface area (Å²) in [5, 5.41) is 1.28. The molecule has 0 atom stereocenters. The van der Waals surface area contributed by atoms with Crippen molar-refractivity contribution in [2.75, 3.05) is 0 Å². The van der Waals surface area contributed by atoms with Crippen LogP contribution >= 0.6 is 34.2 Å². The summed E-state index contributed by atoms with van der Waals surface area (Å²) in [6.07, 6.45) is 3.74. The van der Waals surface area contributed by atoms with Crippen molar-refractivity contribution < 1.29 is 0 Å². The second kappa shape index (κ2) is 8.29. The largest absolute Gasteiger partial charge is 0.288 e. The average Bonchev–Trinajstić information content (AvgIpc) is 2.71. The van der Waals surface area contributed by atoms with Crippen LogP contribution in [-0.2, 0) is 6.54 Å². The highest BCUT2D eigenvalue weighted by Gasteiger charge is 2.10. The summed E-state index contributed by atoms with van der Waals surface area (Å²) >= 11 is 8.47. The van der Waals surface area contributed by atoms with Gasteiger partial charge in [-0.3, -0.25) is 9.36 Å². The van der Waals surface area contributed by atoms with Crippen LogP contribution in [0.4, 0.5) is 0 Å². The molecular formula is C23H16ClIN2O. The van der Waals surface area contributed by atoms with Gasteiger partial charge in [0.1, 0.15) is 5.82 Å². The lowest BCUT2D eigenvalue weighted by molar-refractivity contribution is 0.738. The van der Waals surface area contributed by atoms with E-state index >= 15 is 0 Å². The van der Waals surface area contributed by atoms with Crippen molar-refractivity contribution in [3.8, 4) is 0 Å². The van der Waals surface area contributed by atoms with Gasteiger partial charge in [0.25, 0.3) is 5.56 Å². The Hall–Kier alpha value is -2.44. The Morgan fingerprint density at radius 3 is 2.50 bits per heavy atom. The molecule has 0 spiro atoms. The van der Waals surface area contributed by atoms with E-state index in [1.165, 1.54) is 0 Å². The third-order valence-electron chi connectivity index (χ3n) is 4.45. The molecule has 3 aromatic carbocycles. The van der Waals surface area contributed by atoms with E-state index < -0.39 is 0 Å². The number of halogens is 2. The van der Waals surface area contributed by atoms with Gasteiger partial charge >= 0.3 is 0 Å². The smallest absolute Gasteiger partial charge is 0.261 e. The van der Waals surface area contributed by atoms with E-state index in [9.17, 15) is 4.79 Å². The third-order valence-corrected chi connectivity index (χ3v) is 5.46. The molecule has 0 saturated carbocycles. The monoisotopic (exact) mass is 498 g/mol. The SMILES string of the molecule is O=c1c2cc(I)ccc2nc(/C=C/c2ccccc2Cl)n1Cc1ccccc1. The minimum Gasteiger partial charge on any atom is -0.288 e. The number of aromatic nitrogens is 2. The third kappa shape index (κ3) is 4.03. The molecule has 0 unspecified atom stereocenters. The first-order valence-corrected chi connectivity index (χ1v) is 10.2. The molecule has 0 fully saturated rings. The quantitative estimate of drug-likeness (QED) is 0.330. The first-order valence-electron chi connectivity index (χ1n) is 8.78. The van der Waals surface area contributed by atoms with E-state index in [-0.39, 0.29) is 5.56 Å². The van der Waals surface area contributed by atoms with Crippen LogP contribution in [0, 0.1) is 3.57 Å². The van der Waals surface area contributed by atoms with Crippen molar-refractivity contribution in [1.82, 2.24) is 9.55 Å². The topological polar surface area (TPSA) is 34.9 Å². The summed E-state index contributed by atoms with van der Waals surface area (Å²) in [5.74, 6) is 0.600. The van der Waals surface area contributed by atoms with Crippen LogP contribution < -0.4 is 5.56 Å². The Bertz CT molecular complexity index is 1230. The zero-order valence-corrected chi connectivity index (χ0v) is 17.8. The number of fused-ring (bicyclic) bond motifs is 1. The van der Waals surface area contributed by atoms with Crippen LogP contribution in [0.2, 0.25) is 5.02 Å². The number of hydrogen-bond donors (Lipinski definition) is 0. The number of benzene rings is 3. The lowest BCUT2D eigenvalue weighted by Crippen LogP contribution is -2.24. The maximum atomic E-state index is 13.2. The van der Waals surface area contributed by atoms with Gasteiger partial charge in [-0.05, 0) is 70.1 Å². The maximum absolute atomic E-state index is 13.2. The van der Waals surface area contributed by atoms with Crippen LogP contribution in [0.15, 0.2) is 77.6 Å². The summed E-state index contributed by atoms with van der Waals surface area (Å²) in [5.41, 5.74) is 2.57. The summed E-state index contributed by atoms with van der Waals surface area (Å²) in [4.78, 5) is 18.0. The van der Waals surface area contributed by atoms with Gasteiger partial charge in [-0.25, -0.2) is 4.98 Å². The minimum atomic E-state index is -0.0498. The molecule has 0 N–H and O–H groups in total. The normalized spacial score (nSPS) is 11.4. The van der Waals surface area contributed by atoms with E-state index in [0.717, 1.165) is 14.7 Å². The highest BCUT2D eigenvalue weighted by molar-refractivity contribution is 14.1. The van der Waals surface area contributed by atoms with Crippen molar-refractivity contribution in [1.29, 1.82) is 0 Å². The molecule has 1 heterocycles. The standard InChI is InChI=1S/C23H16ClIN2O/c24-20-9-5-4-8-17(20)10-13-22-26-21-12-11-18(25)14-19(21)23(28)27(22)15-16-6-2-1-3-7-16/h1-14H,15H2/b13-10+. The molecule has 28 heavy (non-hydrogen) atoms. The Morgan fingerprint density at radius 2 is 1.71 bits per heavy atom. The van der Waals surface area contributed by atoms with Crippen molar-refractivity contribution in [2.24, 2.45) is 0 Å². The molecule has 0 amide bonds. The lowest BCUT2D eigenvalue weighted by Gasteiger charge is -2.12. The molecular weight excluding hydrogens is 483 g/mol. The summed E-state index contributed by atoms with van der Waals surface area (Å²) in [6.45, 7) is 0.455. The van der Waals surface area contributed by atoms with E-state index in [1.54, 1.807) is 4.57 Å². The van der Waals surface area contributed by atoms with Gasteiger partial charge in [-0.15, -0.1) is 0 Å². The first kappa shape index (κ1) is 18.9. The van der Waals surface area contributed by atoms with Crippen LogP contribution in [0.3, 0.4) is 0 Å². The van der Waals surface area contributed by atoms with Gasteiger partial charge in [-0.2, -0.15) is 0 Å². The first-order chi connectivity index (χ1) is 13.6. The number of rotatable bonds is 4. The van der Waals surface area contributed by atoms with Gasteiger partial charge in [0.2, 0.25) is 0 Å². The highest BCUT2D eigenvalue weighted by atomic mass is 127. The van der Waals surface area contributed by atoms with E-state index in [1.807, 2.05) is 84.9 Å². The molecule has 1 aromatic heterocycles. The second-order valence-electron chi connectivity index (χ2n) is 6.36. The molecule has 0 aliphatic heterocycles. The Labute approximate surface area is 181 Å². The summed E-state index contributed by atoms with van der Waals surface area (Å²) < 4.78 is 2.72. The van der Waals surface area contributed by atoms with E-state index in [4.69, 9.17) is 16.6 Å². The fourth-order valence-electron chi connectivity index (χ4n) is 3.03. The van der Waals surface area contributed by atoms with Crippen LogP contribution in [0.25, 0.3) is 23.1 Å². The molecule has 4 aromatic rings. The molecule has 4 rings (SSSR count). The van der Waals surface area contributed by atoms with Crippen molar-refractivity contribution in [2.45, 2.75) is 6.54 Å². The van der Waals surface area contributed by atoms with E-state index in [2.05, 4.69) is 22.6 Å². The van der Waals surface area contributed by atoms with Gasteiger partial charge in [-0.1, -0.05) is 60.1 Å².